The lowest BCUT2D eigenvalue weighted by Crippen LogP contribution is -2.29. The summed E-state index contributed by atoms with van der Waals surface area (Å²) in [6.45, 7) is 4.00. The lowest BCUT2D eigenvalue weighted by atomic mass is 10.1. The van der Waals surface area contributed by atoms with Gasteiger partial charge >= 0.3 is 6.03 Å². The van der Waals surface area contributed by atoms with Gasteiger partial charge in [-0.3, -0.25) is 4.79 Å². The van der Waals surface area contributed by atoms with E-state index in [9.17, 15) is 9.59 Å². The zero-order valence-corrected chi connectivity index (χ0v) is 16.8. The van der Waals surface area contributed by atoms with Gasteiger partial charge in [0.1, 0.15) is 0 Å². The van der Waals surface area contributed by atoms with Gasteiger partial charge in [-0.2, -0.15) is 0 Å². The molecule has 0 unspecified atom stereocenters. The molecule has 29 heavy (non-hydrogen) atoms. The average molecular weight is 393 g/mol. The Hall–Kier alpha value is -3.02. The third-order valence-corrected chi connectivity index (χ3v) is 5.45. The molecule has 3 amide bonds. The Morgan fingerprint density at radius 1 is 1.00 bits per heavy atom. The third-order valence-electron chi connectivity index (χ3n) is 5.45. The van der Waals surface area contributed by atoms with Crippen molar-refractivity contribution in [2.24, 2.45) is 0 Å². The number of rotatable bonds is 6. The predicted molar refractivity (Wildman–Crippen MR) is 117 cm³/mol. The molecule has 1 aliphatic carbocycles. The molecule has 4 rings (SSSR count). The highest BCUT2D eigenvalue weighted by atomic mass is 16.2. The summed E-state index contributed by atoms with van der Waals surface area (Å²) < 4.78 is 0. The summed E-state index contributed by atoms with van der Waals surface area (Å²) in [5.74, 6) is -0.0610. The van der Waals surface area contributed by atoms with Gasteiger partial charge in [-0.1, -0.05) is 19.1 Å². The first kappa shape index (κ1) is 19.3. The van der Waals surface area contributed by atoms with Gasteiger partial charge in [-0.25, -0.2) is 4.79 Å². The smallest absolute Gasteiger partial charge is 0.323 e. The normalized spacial score (nSPS) is 15.8. The van der Waals surface area contributed by atoms with Crippen LogP contribution in [0.1, 0.15) is 48.5 Å². The van der Waals surface area contributed by atoms with Crippen molar-refractivity contribution < 1.29 is 9.59 Å². The second-order valence-corrected chi connectivity index (χ2v) is 7.81. The van der Waals surface area contributed by atoms with Crippen molar-refractivity contribution in [2.45, 2.75) is 45.1 Å². The van der Waals surface area contributed by atoms with Crippen molar-refractivity contribution in [3.63, 3.8) is 0 Å². The quantitative estimate of drug-likeness (QED) is 0.683. The Morgan fingerprint density at radius 2 is 1.72 bits per heavy atom. The fraction of sp³-hybridized carbons (Fsp3) is 0.391. The van der Waals surface area contributed by atoms with E-state index in [-0.39, 0.29) is 11.9 Å². The number of hydrogen-bond donors (Lipinski definition) is 3. The number of aryl methyl sites for hydroxylation is 1. The van der Waals surface area contributed by atoms with E-state index in [1.165, 1.54) is 0 Å². The average Bonchev–Trinajstić information content (AvgIpc) is 3.36. The number of hydrogen-bond acceptors (Lipinski definition) is 3. The van der Waals surface area contributed by atoms with Gasteiger partial charge < -0.3 is 20.9 Å². The van der Waals surface area contributed by atoms with Gasteiger partial charge in [0.05, 0.1) is 5.56 Å². The summed E-state index contributed by atoms with van der Waals surface area (Å²) in [7, 11) is 0. The molecule has 2 aromatic rings. The maximum Gasteiger partial charge on any atom is 0.323 e. The molecule has 6 heteroatoms. The molecule has 152 valence electrons. The zero-order chi connectivity index (χ0) is 20.2. The van der Waals surface area contributed by atoms with E-state index in [0.29, 0.717) is 17.3 Å². The van der Waals surface area contributed by atoms with Crippen molar-refractivity contribution in [1.82, 2.24) is 5.32 Å². The maximum absolute atomic E-state index is 12.8. The van der Waals surface area contributed by atoms with Crippen LogP contribution in [0.3, 0.4) is 0 Å². The predicted octanol–water partition coefficient (Wildman–Crippen LogP) is 4.39. The topological polar surface area (TPSA) is 73.5 Å². The van der Waals surface area contributed by atoms with Crippen molar-refractivity contribution in [2.75, 3.05) is 28.6 Å². The Kier molecular flexibility index (Phi) is 5.69. The Morgan fingerprint density at radius 3 is 2.41 bits per heavy atom. The molecular formula is C23H28N4O2. The van der Waals surface area contributed by atoms with Gasteiger partial charge in [0.25, 0.3) is 5.91 Å². The summed E-state index contributed by atoms with van der Waals surface area (Å²) >= 11 is 0. The van der Waals surface area contributed by atoms with Crippen molar-refractivity contribution in [3.8, 4) is 0 Å². The molecule has 0 spiro atoms. The molecule has 0 radical (unpaired) electrons. The van der Waals surface area contributed by atoms with Crippen LogP contribution in [0.25, 0.3) is 0 Å². The van der Waals surface area contributed by atoms with Crippen LogP contribution in [-0.4, -0.2) is 31.1 Å². The number of nitrogens with one attached hydrogen (secondary N) is 3. The van der Waals surface area contributed by atoms with Crippen molar-refractivity contribution in [3.05, 3.63) is 53.6 Å². The number of urea groups is 1. The fourth-order valence-electron chi connectivity index (χ4n) is 3.68. The van der Waals surface area contributed by atoms with E-state index in [2.05, 4.69) is 27.8 Å². The van der Waals surface area contributed by atoms with Crippen LogP contribution in [0.15, 0.2) is 42.5 Å². The second kappa shape index (κ2) is 8.55. The van der Waals surface area contributed by atoms with Crippen molar-refractivity contribution in [1.29, 1.82) is 0 Å². The van der Waals surface area contributed by atoms with Gasteiger partial charge in [0, 0.05) is 36.2 Å². The summed E-state index contributed by atoms with van der Waals surface area (Å²) in [4.78, 5) is 27.5. The van der Waals surface area contributed by atoms with E-state index in [0.717, 1.165) is 62.1 Å². The van der Waals surface area contributed by atoms with Crippen molar-refractivity contribution >= 4 is 29.0 Å². The minimum absolute atomic E-state index is 0.0610. The van der Waals surface area contributed by atoms with E-state index in [1.807, 2.05) is 36.4 Å². The van der Waals surface area contributed by atoms with Gasteiger partial charge in [0.15, 0.2) is 0 Å². The first-order valence-corrected chi connectivity index (χ1v) is 10.5. The molecule has 0 aromatic heterocycles. The standard InChI is InChI=1S/C23H28N4O2/c1-2-16-6-5-7-18(14-16)25-23(29)26-19-10-11-21(27-12-3-4-13-27)20(15-19)22(28)24-17-8-9-17/h5-7,10-11,14-15,17H,2-4,8-9,12-13H2,1H3,(H,24,28)(H2,25,26,29). The van der Waals surface area contributed by atoms with Crippen LogP contribution in [0.2, 0.25) is 0 Å². The number of carbonyl (C=O) groups is 2. The summed E-state index contributed by atoms with van der Waals surface area (Å²) in [5, 5.41) is 8.80. The minimum atomic E-state index is -0.319. The lowest BCUT2D eigenvalue weighted by Gasteiger charge is -2.22. The molecule has 2 fully saturated rings. The Bertz CT molecular complexity index is 902. The summed E-state index contributed by atoms with van der Waals surface area (Å²) in [6, 6.07) is 13.4. The van der Waals surface area contributed by atoms with E-state index in [4.69, 9.17) is 0 Å². The van der Waals surface area contributed by atoms with E-state index < -0.39 is 0 Å². The molecule has 1 heterocycles. The highest BCUT2D eigenvalue weighted by Gasteiger charge is 2.26. The number of benzene rings is 2. The molecule has 3 N–H and O–H groups in total. The first-order chi connectivity index (χ1) is 14.1. The number of carbonyl (C=O) groups excluding carboxylic acids is 2. The lowest BCUT2D eigenvalue weighted by molar-refractivity contribution is 0.0951. The molecule has 2 aromatic carbocycles. The second-order valence-electron chi connectivity index (χ2n) is 7.81. The molecule has 2 aliphatic rings. The first-order valence-electron chi connectivity index (χ1n) is 10.5. The van der Waals surface area contributed by atoms with Crippen LogP contribution in [0, 0.1) is 0 Å². The van der Waals surface area contributed by atoms with Crippen LogP contribution in [0.4, 0.5) is 21.9 Å². The molecule has 1 saturated carbocycles. The van der Waals surface area contributed by atoms with Gasteiger partial charge in [-0.05, 0) is 68.0 Å². The Labute approximate surface area is 171 Å². The minimum Gasteiger partial charge on any atom is -0.371 e. The molecule has 1 aliphatic heterocycles. The van der Waals surface area contributed by atoms with Crippen LogP contribution < -0.4 is 20.9 Å². The highest BCUT2D eigenvalue weighted by Crippen LogP contribution is 2.29. The van der Waals surface area contributed by atoms with Crippen LogP contribution in [0.5, 0.6) is 0 Å². The highest BCUT2D eigenvalue weighted by molar-refractivity contribution is 6.04. The fourth-order valence-corrected chi connectivity index (χ4v) is 3.68. The van der Waals surface area contributed by atoms with Crippen LogP contribution >= 0.6 is 0 Å². The number of amides is 3. The molecule has 0 atom stereocenters. The SMILES string of the molecule is CCc1cccc(NC(=O)Nc2ccc(N3CCCC3)c(C(=O)NC3CC3)c2)c1. The molecular weight excluding hydrogens is 364 g/mol. The largest absolute Gasteiger partial charge is 0.371 e. The summed E-state index contributed by atoms with van der Waals surface area (Å²) in [6.07, 6.45) is 5.28. The van der Waals surface area contributed by atoms with Crippen LogP contribution in [-0.2, 0) is 6.42 Å². The monoisotopic (exact) mass is 392 g/mol. The van der Waals surface area contributed by atoms with Gasteiger partial charge in [0.2, 0.25) is 0 Å². The van der Waals surface area contributed by atoms with E-state index >= 15 is 0 Å². The molecule has 6 nitrogen and oxygen atoms in total. The van der Waals surface area contributed by atoms with Gasteiger partial charge in [-0.15, -0.1) is 0 Å². The molecule has 1 saturated heterocycles. The molecule has 0 bridgehead atoms. The maximum atomic E-state index is 12.8. The third kappa shape index (κ3) is 4.88. The zero-order valence-electron chi connectivity index (χ0n) is 16.8. The number of anilines is 3. The number of nitrogens with zero attached hydrogens (tertiary/aromatic N) is 1. The van der Waals surface area contributed by atoms with E-state index in [1.54, 1.807) is 6.07 Å². The Balaban J connectivity index is 1.50. The summed E-state index contributed by atoms with van der Waals surface area (Å²) in [5.41, 5.74) is 4.10.